The number of ether oxygens (including phenoxy) is 1. The van der Waals surface area contributed by atoms with Gasteiger partial charge >= 0.3 is 0 Å². The van der Waals surface area contributed by atoms with Gasteiger partial charge in [-0.25, -0.2) is 0 Å². The topological polar surface area (TPSA) is 64.3 Å². The number of hydrogen-bond donors (Lipinski definition) is 2. The molecule has 0 aromatic carbocycles. The van der Waals surface area contributed by atoms with Gasteiger partial charge < -0.3 is 15.8 Å². The Morgan fingerprint density at radius 1 is 1.42 bits per heavy atom. The first-order valence-corrected chi connectivity index (χ1v) is 7.67. The molecular weight excluding hydrogens is 240 g/mol. The van der Waals surface area contributed by atoms with Gasteiger partial charge in [-0.05, 0) is 38.5 Å². The highest BCUT2D eigenvalue weighted by Gasteiger charge is 2.36. The maximum Gasteiger partial charge on any atom is 0.237 e. The highest BCUT2D eigenvalue weighted by molar-refractivity contribution is 5.84. The van der Waals surface area contributed by atoms with E-state index in [0.29, 0.717) is 18.6 Å². The molecule has 0 aromatic heterocycles. The highest BCUT2D eigenvalue weighted by Crippen LogP contribution is 2.24. The summed E-state index contributed by atoms with van der Waals surface area (Å²) in [7, 11) is 0. The van der Waals surface area contributed by atoms with Crippen molar-refractivity contribution in [3.63, 3.8) is 0 Å². The first kappa shape index (κ1) is 16.4. The number of hydrogen-bond acceptors (Lipinski definition) is 3. The second kappa shape index (κ2) is 7.85. The van der Waals surface area contributed by atoms with Gasteiger partial charge in [0.15, 0.2) is 0 Å². The van der Waals surface area contributed by atoms with E-state index in [-0.39, 0.29) is 5.91 Å². The minimum atomic E-state index is -0.570. The standard InChI is InChI=1S/C15H30N2O2/c1-4-12(5-2)11-19-10-6-9-15(3,14(16)18)17-13-7-8-13/h12-13,17H,4-11H2,1-3H3,(H2,16,18). The van der Waals surface area contributed by atoms with Gasteiger partial charge in [-0.2, -0.15) is 0 Å². The molecule has 0 bridgehead atoms. The van der Waals surface area contributed by atoms with E-state index in [1.54, 1.807) is 0 Å². The number of primary amides is 1. The van der Waals surface area contributed by atoms with Crippen molar-refractivity contribution in [1.29, 1.82) is 0 Å². The van der Waals surface area contributed by atoms with Crippen LogP contribution in [0, 0.1) is 5.92 Å². The van der Waals surface area contributed by atoms with Crippen molar-refractivity contribution >= 4 is 5.91 Å². The molecule has 1 aliphatic rings. The lowest BCUT2D eigenvalue weighted by molar-refractivity contribution is -0.124. The van der Waals surface area contributed by atoms with Crippen molar-refractivity contribution in [3.05, 3.63) is 0 Å². The number of nitrogens with one attached hydrogen (secondary N) is 1. The molecule has 4 nitrogen and oxygen atoms in total. The van der Waals surface area contributed by atoms with Crippen LogP contribution in [0.15, 0.2) is 0 Å². The van der Waals surface area contributed by atoms with Crippen LogP contribution < -0.4 is 11.1 Å². The van der Waals surface area contributed by atoms with Crippen LogP contribution in [-0.4, -0.2) is 30.7 Å². The van der Waals surface area contributed by atoms with E-state index in [1.165, 1.54) is 12.8 Å². The third-order valence-corrected chi connectivity index (χ3v) is 4.12. The van der Waals surface area contributed by atoms with Crippen LogP contribution in [-0.2, 0) is 9.53 Å². The Hall–Kier alpha value is -0.610. The molecular formula is C15H30N2O2. The molecule has 1 atom stereocenters. The van der Waals surface area contributed by atoms with Crippen LogP contribution in [0.4, 0.5) is 0 Å². The molecule has 0 spiro atoms. The first-order chi connectivity index (χ1) is 9.01. The summed E-state index contributed by atoms with van der Waals surface area (Å²) in [5.74, 6) is 0.409. The molecule has 0 aromatic rings. The van der Waals surface area contributed by atoms with E-state index < -0.39 is 5.54 Å². The molecule has 19 heavy (non-hydrogen) atoms. The zero-order chi connectivity index (χ0) is 14.3. The molecule has 0 radical (unpaired) electrons. The molecule has 1 amide bonds. The smallest absolute Gasteiger partial charge is 0.237 e. The zero-order valence-electron chi connectivity index (χ0n) is 12.7. The fourth-order valence-electron chi connectivity index (χ4n) is 2.25. The monoisotopic (exact) mass is 270 g/mol. The van der Waals surface area contributed by atoms with Crippen LogP contribution in [0.2, 0.25) is 0 Å². The number of rotatable bonds is 11. The van der Waals surface area contributed by atoms with Crippen molar-refractivity contribution in [2.45, 2.75) is 70.9 Å². The van der Waals surface area contributed by atoms with Crippen LogP contribution >= 0.6 is 0 Å². The van der Waals surface area contributed by atoms with Gasteiger partial charge in [-0.3, -0.25) is 4.79 Å². The second-order valence-electron chi connectivity index (χ2n) is 5.98. The predicted octanol–water partition coefficient (Wildman–Crippen LogP) is 2.22. The minimum Gasteiger partial charge on any atom is -0.381 e. The third kappa shape index (κ3) is 5.91. The van der Waals surface area contributed by atoms with Gasteiger partial charge in [0.05, 0.1) is 5.54 Å². The molecule has 1 unspecified atom stereocenters. The molecule has 1 fully saturated rings. The molecule has 1 rings (SSSR count). The molecule has 3 N–H and O–H groups in total. The quantitative estimate of drug-likeness (QED) is 0.566. The van der Waals surface area contributed by atoms with Crippen molar-refractivity contribution in [3.8, 4) is 0 Å². The summed E-state index contributed by atoms with van der Waals surface area (Å²) in [5.41, 5.74) is 4.94. The fraction of sp³-hybridized carbons (Fsp3) is 0.933. The maximum atomic E-state index is 11.6. The summed E-state index contributed by atoms with van der Waals surface area (Å²) >= 11 is 0. The lowest BCUT2D eigenvalue weighted by atomic mass is 9.95. The molecule has 0 saturated heterocycles. The van der Waals surface area contributed by atoms with Crippen molar-refractivity contribution in [1.82, 2.24) is 5.32 Å². The fourth-order valence-corrected chi connectivity index (χ4v) is 2.25. The largest absolute Gasteiger partial charge is 0.381 e. The van der Waals surface area contributed by atoms with E-state index >= 15 is 0 Å². The van der Waals surface area contributed by atoms with Gasteiger partial charge in [-0.15, -0.1) is 0 Å². The van der Waals surface area contributed by atoms with E-state index in [4.69, 9.17) is 10.5 Å². The second-order valence-corrected chi connectivity index (χ2v) is 5.98. The maximum absolute atomic E-state index is 11.6. The van der Waals surface area contributed by atoms with E-state index in [1.807, 2.05) is 6.92 Å². The summed E-state index contributed by atoms with van der Waals surface area (Å²) in [6.45, 7) is 7.85. The molecule has 1 saturated carbocycles. The molecule has 4 heteroatoms. The SMILES string of the molecule is CCC(CC)COCCCC(C)(NC1CC1)C(N)=O. The van der Waals surface area contributed by atoms with Crippen LogP contribution in [0.25, 0.3) is 0 Å². The molecule has 0 heterocycles. The predicted molar refractivity (Wildman–Crippen MR) is 77.9 cm³/mol. The first-order valence-electron chi connectivity index (χ1n) is 7.67. The number of nitrogens with two attached hydrogens (primary N) is 1. The third-order valence-electron chi connectivity index (χ3n) is 4.12. The van der Waals surface area contributed by atoms with Gasteiger partial charge in [0.25, 0.3) is 0 Å². The Bertz CT molecular complexity index is 275. The number of carbonyl (C=O) groups is 1. The van der Waals surface area contributed by atoms with Gasteiger partial charge in [0.2, 0.25) is 5.91 Å². The van der Waals surface area contributed by atoms with E-state index in [9.17, 15) is 4.79 Å². The highest BCUT2D eigenvalue weighted by atomic mass is 16.5. The number of amides is 1. The Balaban J connectivity index is 2.19. The zero-order valence-corrected chi connectivity index (χ0v) is 12.7. The van der Waals surface area contributed by atoms with Gasteiger partial charge in [-0.1, -0.05) is 26.7 Å². The average molecular weight is 270 g/mol. The van der Waals surface area contributed by atoms with Gasteiger partial charge in [0, 0.05) is 19.3 Å². The normalized spacial score (nSPS) is 18.5. The minimum absolute atomic E-state index is 0.251. The summed E-state index contributed by atoms with van der Waals surface area (Å²) in [6, 6.07) is 0.489. The molecule has 1 aliphatic carbocycles. The van der Waals surface area contributed by atoms with Crippen LogP contribution in [0.3, 0.4) is 0 Å². The van der Waals surface area contributed by atoms with Crippen molar-refractivity contribution < 1.29 is 9.53 Å². The summed E-state index contributed by atoms with van der Waals surface area (Å²) in [6.07, 6.45) is 6.28. The van der Waals surface area contributed by atoms with E-state index in [2.05, 4.69) is 19.2 Å². The Labute approximate surface area is 117 Å². The lowest BCUT2D eigenvalue weighted by Crippen LogP contribution is -2.54. The Kier molecular flexibility index (Phi) is 6.80. The average Bonchev–Trinajstić information content (AvgIpc) is 3.17. The Morgan fingerprint density at radius 2 is 2.05 bits per heavy atom. The lowest BCUT2D eigenvalue weighted by Gasteiger charge is -2.27. The van der Waals surface area contributed by atoms with Crippen molar-refractivity contribution in [2.75, 3.05) is 13.2 Å². The van der Waals surface area contributed by atoms with Gasteiger partial charge in [0.1, 0.15) is 0 Å². The van der Waals surface area contributed by atoms with Crippen LogP contribution in [0.5, 0.6) is 0 Å². The van der Waals surface area contributed by atoms with Crippen LogP contribution in [0.1, 0.15) is 59.3 Å². The van der Waals surface area contributed by atoms with E-state index in [0.717, 1.165) is 32.3 Å². The Morgan fingerprint density at radius 3 is 2.53 bits per heavy atom. The summed E-state index contributed by atoms with van der Waals surface area (Å²) in [5, 5.41) is 3.36. The summed E-state index contributed by atoms with van der Waals surface area (Å²) in [4.78, 5) is 11.6. The molecule has 0 aliphatic heterocycles. The molecule has 112 valence electrons. The number of carbonyl (C=O) groups excluding carboxylic acids is 1. The van der Waals surface area contributed by atoms with Crippen molar-refractivity contribution in [2.24, 2.45) is 11.7 Å². The summed E-state index contributed by atoms with van der Waals surface area (Å²) < 4.78 is 5.69.